The molecule has 0 aromatic heterocycles. The van der Waals surface area contributed by atoms with Crippen molar-refractivity contribution in [3.05, 3.63) is 28.2 Å². The number of benzene rings is 1. The van der Waals surface area contributed by atoms with E-state index in [9.17, 15) is 4.79 Å². The van der Waals surface area contributed by atoms with Crippen molar-refractivity contribution in [3.63, 3.8) is 0 Å². The van der Waals surface area contributed by atoms with Crippen molar-refractivity contribution in [1.29, 1.82) is 0 Å². The van der Waals surface area contributed by atoms with E-state index < -0.39 is 0 Å². The minimum atomic E-state index is -0.0267. The molecule has 5 heteroatoms. The number of hydrogen-bond acceptors (Lipinski definition) is 3. The molecule has 0 N–H and O–H groups in total. The molecule has 0 bridgehead atoms. The summed E-state index contributed by atoms with van der Waals surface area (Å²) in [5.74, 6) is 0.562. The van der Waals surface area contributed by atoms with E-state index in [4.69, 9.17) is 4.74 Å². The number of carbonyl (C=O) groups is 1. The van der Waals surface area contributed by atoms with Gasteiger partial charge in [-0.1, -0.05) is 15.9 Å². The van der Waals surface area contributed by atoms with Crippen LogP contribution in [0.25, 0.3) is 0 Å². The van der Waals surface area contributed by atoms with E-state index in [1.54, 1.807) is 31.2 Å². The molecule has 0 unspecified atom stereocenters. The van der Waals surface area contributed by atoms with Crippen LogP contribution in [0.4, 0.5) is 0 Å². The summed E-state index contributed by atoms with van der Waals surface area (Å²) >= 11 is 3.36. The van der Waals surface area contributed by atoms with E-state index in [2.05, 4.69) is 15.9 Å². The molecule has 0 aliphatic heterocycles. The number of nitrogens with zero attached hydrogens (tertiary/aromatic N) is 2. The summed E-state index contributed by atoms with van der Waals surface area (Å²) in [5.41, 5.74) is 0.585. The van der Waals surface area contributed by atoms with E-state index >= 15 is 0 Å². The van der Waals surface area contributed by atoms with E-state index in [1.165, 1.54) is 0 Å². The highest BCUT2D eigenvalue weighted by Gasteiger charge is 2.16. The zero-order valence-electron chi connectivity index (χ0n) is 11.2. The zero-order valence-corrected chi connectivity index (χ0v) is 12.8. The smallest absolute Gasteiger partial charge is 0.257 e. The van der Waals surface area contributed by atoms with Gasteiger partial charge in [0.05, 0.1) is 12.7 Å². The molecule has 1 rings (SSSR count). The first-order valence-corrected chi connectivity index (χ1v) is 6.48. The SMILES string of the molecule is COc1cc(Br)ccc1C(=O)N(C)CCN(C)C. The molecule has 0 aliphatic rings. The zero-order chi connectivity index (χ0) is 13.7. The first-order chi connectivity index (χ1) is 8.45. The summed E-state index contributed by atoms with van der Waals surface area (Å²) in [4.78, 5) is 16.0. The molecule has 0 saturated carbocycles. The first-order valence-electron chi connectivity index (χ1n) is 5.69. The minimum absolute atomic E-state index is 0.0267. The topological polar surface area (TPSA) is 32.8 Å². The Labute approximate surface area is 117 Å². The average Bonchev–Trinajstić information content (AvgIpc) is 2.34. The fourth-order valence-electron chi connectivity index (χ4n) is 1.50. The second kappa shape index (κ2) is 6.75. The number of rotatable bonds is 5. The van der Waals surface area contributed by atoms with Gasteiger partial charge < -0.3 is 14.5 Å². The third kappa shape index (κ3) is 3.99. The lowest BCUT2D eigenvalue weighted by atomic mass is 10.2. The Balaban J connectivity index is 2.83. The Hall–Kier alpha value is -1.07. The second-order valence-electron chi connectivity index (χ2n) is 4.37. The molecule has 0 spiro atoms. The highest BCUT2D eigenvalue weighted by Crippen LogP contribution is 2.24. The number of methoxy groups -OCH3 is 1. The summed E-state index contributed by atoms with van der Waals surface area (Å²) in [5, 5.41) is 0. The molecule has 0 atom stereocenters. The third-order valence-corrected chi connectivity index (χ3v) is 3.12. The van der Waals surface area contributed by atoms with E-state index in [-0.39, 0.29) is 5.91 Å². The van der Waals surface area contributed by atoms with E-state index in [0.717, 1.165) is 11.0 Å². The number of amides is 1. The quantitative estimate of drug-likeness (QED) is 0.834. The van der Waals surface area contributed by atoms with Crippen molar-refractivity contribution in [2.24, 2.45) is 0 Å². The van der Waals surface area contributed by atoms with Crippen LogP contribution in [-0.2, 0) is 0 Å². The van der Waals surface area contributed by atoms with Crippen LogP contribution in [0.1, 0.15) is 10.4 Å². The standard InChI is InChI=1S/C13H19BrN2O2/c1-15(2)7-8-16(3)13(17)11-6-5-10(14)9-12(11)18-4/h5-6,9H,7-8H2,1-4H3. The lowest BCUT2D eigenvalue weighted by molar-refractivity contribution is 0.0783. The molecule has 0 fully saturated rings. The van der Waals surface area contributed by atoms with Crippen LogP contribution >= 0.6 is 15.9 Å². The number of hydrogen-bond donors (Lipinski definition) is 0. The molecule has 0 radical (unpaired) electrons. The normalized spacial score (nSPS) is 10.6. The summed E-state index contributed by atoms with van der Waals surface area (Å²) in [7, 11) is 7.34. The van der Waals surface area contributed by atoms with Crippen molar-refractivity contribution >= 4 is 21.8 Å². The number of carbonyl (C=O) groups excluding carboxylic acids is 1. The van der Waals surface area contributed by atoms with Gasteiger partial charge in [0.1, 0.15) is 5.75 Å². The third-order valence-electron chi connectivity index (χ3n) is 2.62. The van der Waals surface area contributed by atoms with Crippen LogP contribution in [-0.4, -0.2) is 57.0 Å². The highest BCUT2D eigenvalue weighted by atomic mass is 79.9. The van der Waals surface area contributed by atoms with Crippen molar-refractivity contribution in [3.8, 4) is 5.75 Å². The van der Waals surface area contributed by atoms with Crippen molar-refractivity contribution in [2.75, 3.05) is 41.3 Å². The van der Waals surface area contributed by atoms with E-state index in [1.807, 2.05) is 25.1 Å². The molecular weight excluding hydrogens is 296 g/mol. The Morgan fingerprint density at radius 2 is 1.94 bits per heavy atom. The van der Waals surface area contributed by atoms with Gasteiger partial charge in [0.2, 0.25) is 0 Å². The Morgan fingerprint density at radius 3 is 2.50 bits per heavy atom. The molecule has 4 nitrogen and oxygen atoms in total. The van der Waals surface area contributed by atoms with Gasteiger partial charge in [0, 0.05) is 24.6 Å². The van der Waals surface area contributed by atoms with E-state index in [0.29, 0.717) is 17.9 Å². The Kier molecular flexibility index (Phi) is 5.62. The fourth-order valence-corrected chi connectivity index (χ4v) is 1.84. The molecule has 0 aliphatic carbocycles. The molecule has 1 aromatic carbocycles. The number of likely N-dealkylation sites (N-methyl/N-ethyl adjacent to an activating group) is 2. The fraction of sp³-hybridized carbons (Fsp3) is 0.462. The monoisotopic (exact) mass is 314 g/mol. The maximum Gasteiger partial charge on any atom is 0.257 e. The van der Waals surface area contributed by atoms with Crippen molar-refractivity contribution in [1.82, 2.24) is 9.80 Å². The van der Waals surface area contributed by atoms with Gasteiger partial charge in [-0.25, -0.2) is 0 Å². The largest absolute Gasteiger partial charge is 0.496 e. The molecular formula is C13H19BrN2O2. The molecule has 100 valence electrons. The molecule has 18 heavy (non-hydrogen) atoms. The van der Waals surface area contributed by atoms with Gasteiger partial charge in [-0.05, 0) is 32.3 Å². The van der Waals surface area contributed by atoms with Gasteiger partial charge >= 0.3 is 0 Å². The van der Waals surface area contributed by atoms with Crippen LogP contribution in [0.3, 0.4) is 0 Å². The van der Waals surface area contributed by atoms with Gasteiger partial charge in [0.15, 0.2) is 0 Å². The number of ether oxygens (including phenoxy) is 1. The minimum Gasteiger partial charge on any atom is -0.496 e. The van der Waals surface area contributed by atoms with Gasteiger partial charge in [0.25, 0.3) is 5.91 Å². The summed E-state index contributed by atoms with van der Waals surface area (Å²) in [6, 6.07) is 5.42. The van der Waals surface area contributed by atoms with Gasteiger partial charge in [-0.15, -0.1) is 0 Å². The van der Waals surface area contributed by atoms with Crippen LogP contribution in [0, 0.1) is 0 Å². The predicted octanol–water partition coefficient (Wildman–Crippen LogP) is 2.09. The molecule has 0 saturated heterocycles. The maximum absolute atomic E-state index is 12.3. The molecule has 0 heterocycles. The first kappa shape index (κ1) is 15.0. The van der Waals surface area contributed by atoms with Gasteiger partial charge in [-0.3, -0.25) is 4.79 Å². The summed E-state index contributed by atoms with van der Waals surface area (Å²) in [6.07, 6.45) is 0. The Morgan fingerprint density at radius 1 is 1.28 bits per heavy atom. The summed E-state index contributed by atoms with van der Waals surface area (Å²) in [6.45, 7) is 1.52. The average molecular weight is 315 g/mol. The molecule has 1 amide bonds. The lowest BCUT2D eigenvalue weighted by Crippen LogP contribution is -2.33. The predicted molar refractivity (Wildman–Crippen MR) is 76.2 cm³/mol. The molecule has 1 aromatic rings. The lowest BCUT2D eigenvalue weighted by Gasteiger charge is -2.20. The Bertz CT molecular complexity index is 421. The van der Waals surface area contributed by atoms with Gasteiger partial charge in [-0.2, -0.15) is 0 Å². The highest BCUT2D eigenvalue weighted by molar-refractivity contribution is 9.10. The van der Waals surface area contributed by atoms with Crippen LogP contribution < -0.4 is 4.74 Å². The second-order valence-corrected chi connectivity index (χ2v) is 5.29. The van der Waals surface area contributed by atoms with Crippen molar-refractivity contribution < 1.29 is 9.53 Å². The van der Waals surface area contributed by atoms with Crippen molar-refractivity contribution in [2.45, 2.75) is 0 Å². The van der Waals surface area contributed by atoms with Crippen LogP contribution in [0.15, 0.2) is 22.7 Å². The maximum atomic E-state index is 12.3. The van der Waals surface area contributed by atoms with Crippen LogP contribution in [0.5, 0.6) is 5.75 Å². The summed E-state index contributed by atoms with van der Waals surface area (Å²) < 4.78 is 6.13. The van der Waals surface area contributed by atoms with Crippen LogP contribution in [0.2, 0.25) is 0 Å². The number of halogens is 1.